The quantitative estimate of drug-likeness (QED) is 0.728. The third-order valence-electron chi connectivity index (χ3n) is 8.08. The first-order valence-electron chi connectivity index (χ1n) is 11.3. The van der Waals surface area contributed by atoms with Crippen molar-refractivity contribution in [2.45, 2.75) is 77.5 Å². The number of hydrogen-bond acceptors (Lipinski definition) is 3. The van der Waals surface area contributed by atoms with Crippen LogP contribution >= 0.6 is 0 Å². The van der Waals surface area contributed by atoms with Crippen molar-refractivity contribution in [2.24, 2.45) is 23.2 Å². The van der Waals surface area contributed by atoms with Crippen LogP contribution in [-0.4, -0.2) is 32.0 Å². The molecule has 0 unspecified atom stereocenters. The van der Waals surface area contributed by atoms with E-state index in [1.807, 2.05) is 12.5 Å². The molecule has 158 valence electrons. The number of fused-ring (bicyclic) bond motifs is 1. The van der Waals surface area contributed by atoms with Crippen LogP contribution in [0.5, 0.6) is 0 Å². The van der Waals surface area contributed by atoms with Crippen LogP contribution in [0.25, 0.3) is 0 Å². The van der Waals surface area contributed by atoms with Gasteiger partial charge in [0.15, 0.2) is 0 Å². The highest BCUT2D eigenvalue weighted by Gasteiger charge is 2.50. The maximum Gasteiger partial charge on any atom is 0.0945 e. The molecule has 2 N–H and O–H groups in total. The lowest BCUT2D eigenvalue weighted by atomic mass is 9.61. The Kier molecular flexibility index (Phi) is 5.85. The molecule has 3 saturated carbocycles. The molecular weight excluding hydrogens is 360 g/mol. The van der Waals surface area contributed by atoms with E-state index in [1.54, 1.807) is 5.57 Å². The summed E-state index contributed by atoms with van der Waals surface area (Å²) in [6.07, 6.45) is 16.7. The molecule has 29 heavy (non-hydrogen) atoms. The monoisotopic (exact) mass is 396 g/mol. The fourth-order valence-corrected chi connectivity index (χ4v) is 6.49. The van der Waals surface area contributed by atoms with Gasteiger partial charge in [0.25, 0.3) is 0 Å². The number of rotatable bonds is 4. The van der Waals surface area contributed by atoms with Crippen molar-refractivity contribution in [1.29, 1.82) is 0 Å². The molecule has 0 saturated heterocycles. The van der Waals surface area contributed by atoms with E-state index in [2.05, 4.69) is 48.3 Å². The first-order valence-corrected chi connectivity index (χ1v) is 11.3. The van der Waals surface area contributed by atoms with Gasteiger partial charge in [-0.3, -0.25) is 0 Å². The van der Waals surface area contributed by atoms with Gasteiger partial charge >= 0.3 is 0 Å². The van der Waals surface area contributed by atoms with Crippen molar-refractivity contribution in [3.63, 3.8) is 0 Å². The standard InChI is InChI=1S/C25H36N2O2/c1-17(15-27-12-11-26-16-27)21-8-9-22-20(5-4-10-25(21,22)3)7-6-19-13-23(28)18(2)24(29)14-19/h6-7,11-12,16-17,21-24,28-29H,2,4-5,8-10,13-15H2,1,3H3/b20-7+/t17-,21-,22+,23-,24-,25-/m1/s1. The maximum absolute atomic E-state index is 10.1. The van der Waals surface area contributed by atoms with E-state index >= 15 is 0 Å². The number of aliphatic hydroxyl groups excluding tert-OH is 2. The van der Waals surface area contributed by atoms with Crippen LogP contribution in [-0.2, 0) is 6.54 Å². The summed E-state index contributed by atoms with van der Waals surface area (Å²) in [5, 5.41) is 20.2. The lowest BCUT2D eigenvalue weighted by Crippen LogP contribution is -2.36. The highest BCUT2D eigenvalue weighted by Crippen LogP contribution is 2.59. The van der Waals surface area contributed by atoms with E-state index in [-0.39, 0.29) is 0 Å². The Balaban J connectivity index is 1.49. The lowest BCUT2D eigenvalue weighted by Gasteiger charge is -2.44. The van der Waals surface area contributed by atoms with E-state index in [4.69, 9.17) is 0 Å². The van der Waals surface area contributed by atoms with Gasteiger partial charge in [-0.05, 0) is 73.7 Å². The summed E-state index contributed by atoms with van der Waals surface area (Å²) in [7, 11) is 0. The molecule has 0 bridgehead atoms. The number of hydrogen-bond donors (Lipinski definition) is 2. The van der Waals surface area contributed by atoms with Crippen LogP contribution in [0.4, 0.5) is 0 Å². The Hall–Kier alpha value is -1.65. The second kappa shape index (κ2) is 8.23. The summed E-state index contributed by atoms with van der Waals surface area (Å²) in [5.74, 6) is 2.05. The summed E-state index contributed by atoms with van der Waals surface area (Å²) in [4.78, 5) is 4.20. The normalized spacial score (nSPS) is 37.6. The Morgan fingerprint density at radius 3 is 2.72 bits per heavy atom. The molecule has 0 spiro atoms. The minimum atomic E-state index is -0.611. The zero-order valence-corrected chi connectivity index (χ0v) is 17.9. The molecule has 3 fully saturated rings. The molecule has 4 heteroatoms. The van der Waals surface area contributed by atoms with Crippen LogP contribution in [0, 0.1) is 23.2 Å². The fraction of sp³-hybridized carbons (Fsp3) is 0.640. The second-order valence-corrected chi connectivity index (χ2v) is 9.91. The second-order valence-electron chi connectivity index (χ2n) is 9.91. The average molecular weight is 397 g/mol. The van der Waals surface area contributed by atoms with Crippen molar-refractivity contribution < 1.29 is 10.2 Å². The highest BCUT2D eigenvalue weighted by atomic mass is 16.3. The Bertz CT molecular complexity index is 778. The Morgan fingerprint density at radius 1 is 1.28 bits per heavy atom. The van der Waals surface area contributed by atoms with E-state index in [0.29, 0.717) is 35.7 Å². The predicted molar refractivity (Wildman–Crippen MR) is 116 cm³/mol. The minimum Gasteiger partial charge on any atom is -0.388 e. The van der Waals surface area contributed by atoms with Crippen molar-refractivity contribution in [2.75, 3.05) is 0 Å². The van der Waals surface area contributed by atoms with Crippen LogP contribution in [0.3, 0.4) is 0 Å². The summed E-state index contributed by atoms with van der Waals surface area (Å²) in [6.45, 7) is 9.81. The molecule has 0 amide bonds. The van der Waals surface area contributed by atoms with Gasteiger partial charge in [-0.1, -0.05) is 43.7 Å². The van der Waals surface area contributed by atoms with E-state index in [1.165, 1.54) is 32.1 Å². The molecule has 3 aliphatic carbocycles. The molecule has 0 radical (unpaired) electrons. The number of aromatic nitrogens is 2. The van der Waals surface area contributed by atoms with Crippen molar-refractivity contribution in [3.8, 4) is 0 Å². The first kappa shape index (κ1) is 20.6. The van der Waals surface area contributed by atoms with Crippen LogP contribution in [0.15, 0.2) is 54.2 Å². The van der Waals surface area contributed by atoms with Gasteiger partial charge in [0.05, 0.1) is 18.5 Å². The number of aliphatic hydroxyl groups is 2. The molecule has 0 aliphatic heterocycles. The number of nitrogens with zero attached hydrogens (tertiary/aromatic N) is 2. The van der Waals surface area contributed by atoms with Gasteiger partial charge in [-0.15, -0.1) is 0 Å². The highest BCUT2D eigenvalue weighted by molar-refractivity contribution is 5.29. The fourth-order valence-electron chi connectivity index (χ4n) is 6.49. The summed E-state index contributed by atoms with van der Waals surface area (Å²) < 4.78 is 2.22. The molecule has 6 atom stereocenters. The summed E-state index contributed by atoms with van der Waals surface area (Å²) in [5.41, 5.74) is 3.66. The number of allylic oxidation sites excluding steroid dienone is 3. The molecule has 3 aliphatic rings. The third kappa shape index (κ3) is 4.02. The Morgan fingerprint density at radius 2 is 2.03 bits per heavy atom. The average Bonchev–Trinajstić information content (AvgIpc) is 3.31. The lowest BCUT2D eigenvalue weighted by molar-refractivity contribution is 0.0908. The van der Waals surface area contributed by atoms with Crippen LogP contribution in [0.1, 0.15) is 58.8 Å². The predicted octanol–water partition coefficient (Wildman–Crippen LogP) is 4.66. The SMILES string of the molecule is C=C1[C@H](O)CC(=C/C=C2\CCC[C@]3(C)[C@@H]([C@H](C)Cn4ccnc4)CC[C@@H]23)C[C@H]1O. The van der Waals surface area contributed by atoms with Gasteiger partial charge < -0.3 is 14.8 Å². The zero-order chi connectivity index (χ0) is 20.6. The first-order chi connectivity index (χ1) is 13.9. The van der Waals surface area contributed by atoms with Gasteiger partial charge in [0.2, 0.25) is 0 Å². The van der Waals surface area contributed by atoms with Crippen LogP contribution in [0.2, 0.25) is 0 Å². The summed E-state index contributed by atoms with van der Waals surface area (Å²) >= 11 is 0. The van der Waals surface area contributed by atoms with Crippen LogP contribution < -0.4 is 0 Å². The minimum absolute atomic E-state index is 0.377. The topological polar surface area (TPSA) is 58.3 Å². The van der Waals surface area contributed by atoms with Gasteiger partial charge in [-0.25, -0.2) is 4.98 Å². The Labute approximate surface area is 175 Å². The van der Waals surface area contributed by atoms with Gasteiger partial charge in [0.1, 0.15) is 0 Å². The zero-order valence-electron chi connectivity index (χ0n) is 17.9. The van der Waals surface area contributed by atoms with E-state index in [9.17, 15) is 10.2 Å². The van der Waals surface area contributed by atoms with E-state index < -0.39 is 12.2 Å². The molecule has 4 nitrogen and oxygen atoms in total. The maximum atomic E-state index is 10.1. The van der Waals surface area contributed by atoms with Crippen molar-refractivity contribution >= 4 is 0 Å². The largest absolute Gasteiger partial charge is 0.388 e. The summed E-state index contributed by atoms with van der Waals surface area (Å²) in [6, 6.07) is 0. The number of imidazole rings is 1. The van der Waals surface area contributed by atoms with E-state index in [0.717, 1.165) is 18.0 Å². The molecular formula is C25H36N2O2. The third-order valence-corrected chi connectivity index (χ3v) is 8.08. The molecule has 1 aromatic rings. The molecule has 1 heterocycles. The van der Waals surface area contributed by atoms with Gasteiger partial charge in [-0.2, -0.15) is 0 Å². The molecule has 4 rings (SSSR count). The van der Waals surface area contributed by atoms with Crippen molar-refractivity contribution in [1.82, 2.24) is 9.55 Å². The molecule has 1 aromatic heterocycles. The smallest absolute Gasteiger partial charge is 0.0945 e. The van der Waals surface area contributed by atoms with Crippen molar-refractivity contribution in [3.05, 3.63) is 54.2 Å². The molecule has 0 aromatic carbocycles. The van der Waals surface area contributed by atoms with Gasteiger partial charge in [0, 0.05) is 18.9 Å².